The highest BCUT2D eigenvalue weighted by atomic mass is 16.4. The van der Waals surface area contributed by atoms with Crippen LogP contribution in [0.15, 0.2) is 4.42 Å². The SMILES string of the molecule is Cc1nc(CN(C)C(C)CO)oc1C. The number of aliphatic hydroxyl groups is 1. The fourth-order valence-corrected chi connectivity index (χ4v) is 1.12. The van der Waals surface area contributed by atoms with Crippen LogP contribution in [0.3, 0.4) is 0 Å². The molecule has 0 aliphatic rings. The normalized spacial score (nSPS) is 13.6. The highest BCUT2D eigenvalue weighted by Crippen LogP contribution is 2.10. The van der Waals surface area contributed by atoms with E-state index in [-0.39, 0.29) is 12.6 Å². The third-order valence-corrected chi connectivity index (χ3v) is 2.47. The molecule has 0 aromatic carbocycles. The molecule has 80 valence electrons. The van der Waals surface area contributed by atoms with Gasteiger partial charge in [-0.15, -0.1) is 0 Å². The lowest BCUT2D eigenvalue weighted by atomic mass is 10.3. The molecule has 0 amide bonds. The molecule has 1 aromatic rings. The van der Waals surface area contributed by atoms with Crippen molar-refractivity contribution >= 4 is 0 Å². The zero-order chi connectivity index (χ0) is 10.7. The van der Waals surface area contributed by atoms with E-state index in [1.807, 2.05) is 32.7 Å². The molecular weight excluding hydrogens is 180 g/mol. The van der Waals surface area contributed by atoms with E-state index in [0.717, 1.165) is 11.5 Å². The second-order valence-electron chi connectivity index (χ2n) is 3.70. The zero-order valence-electron chi connectivity index (χ0n) is 9.24. The van der Waals surface area contributed by atoms with Crippen molar-refractivity contribution in [3.63, 3.8) is 0 Å². The van der Waals surface area contributed by atoms with E-state index in [1.165, 1.54) is 0 Å². The largest absolute Gasteiger partial charge is 0.444 e. The Morgan fingerprint density at radius 2 is 2.14 bits per heavy atom. The summed E-state index contributed by atoms with van der Waals surface area (Å²) in [5.74, 6) is 1.58. The van der Waals surface area contributed by atoms with Crippen LogP contribution in [0.5, 0.6) is 0 Å². The maximum Gasteiger partial charge on any atom is 0.208 e. The molecule has 0 fully saturated rings. The van der Waals surface area contributed by atoms with Crippen molar-refractivity contribution in [2.75, 3.05) is 13.7 Å². The van der Waals surface area contributed by atoms with E-state index in [0.29, 0.717) is 12.4 Å². The number of aromatic nitrogens is 1. The number of nitrogens with zero attached hydrogens (tertiary/aromatic N) is 2. The first-order valence-electron chi connectivity index (χ1n) is 4.78. The van der Waals surface area contributed by atoms with Crippen LogP contribution >= 0.6 is 0 Å². The minimum Gasteiger partial charge on any atom is -0.444 e. The summed E-state index contributed by atoms with van der Waals surface area (Å²) >= 11 is 0. The molecule has 0 aliphatic heterocycles. The lowest BCUT2D eigenvalue weighted by Gasteiger charge is -2.20. The zero-order valence-corrected chi connectivity index (χ0v) is 9.24. The van der Waals surface area contributed by atoms with Crippen molar-refractivity contribution in [1.29, 1.82) is 0 Å². The third-order valence-electron chi connectivity index (χ3n) is 2.47. The van der Waals surface area contributed by atoms with Crippen LogP contribution < -0.4 is 0 Å². The predicted octanol–water partition coefficient (Wildman–Crippen LogP) is 1.10. The van der Waals surface area contributed by atoms with Gasteiger partial charge in [0.05, 0.1) is 18.8 Å². The molecule has 0 radical (unpaired) electrons. The number of aliphatic hydroxyl groups excluding tert-OH is 1. The Kier molecular flexibility index (Phi) is 3.66. The first kappa shape index (κ1) is 11.2. The van der Waals surface area contributed by atoms with Crippen molar-refractivity contribution in [2.45, 2.75) is 33.4 Å². The van der Waals surface area contributed by atoms with E-state index >= 15 is 0 Å². The molecular formula is C10H18N2O2. The van der Waals surface area contributed by atoms with Crippen molar-refractivity contribution in [2.24, 2.45) is 0 Å². The maximum absolute atomic E-state index is 8.95. The van der Waals surface area contributed by atoms with E-state index in [1.54, 1.807) is 0 Å². The molecule has 1 unspecified atom stereocenters. The number of likely N-dealkylation sites (N-methyl/N-ethyl adjacent to an activating group) is 1. The van der Waals surface area contributed by atoms with Gasteiger partial charge in [-0.1, -0.05) is 0 Å². The van der Waals surface area contributed by atoms with Crippen molar-refractivity contribution in [3.05, 3.63) is 17.3 Å². The van der Waals surface area contributed by atoms with Gasteiger partial charge in [0, 0.05) is 6.04 Å². The lowest BCUT2D eigenvalue weighted by molar-refractivity contribution is 0.144. The predicted molar refractivity (Wildman–Crippen MR) is 54.0 cm³/mol. The molecule has 4 nitrogen and oxygen atoms in total. The molecule has 1 heterocycles. The minimum absolute atomic E-state index is 0.127. The Bertz CT molecular complexity index is 277. The molecule has 1 aromatic heterocycles. The van der Waals surface area contributed by atoms with Gasteiger partial charge in [0.1, 0.15) is 5.76 Å². The van der Waals surface area contributed by atoms with Crippen LogP contribution in [-0.4, -0.2) is 34.7 Å². The summed E-state index contributed by atoms with van der Waals surface area (Å²) in [7, 11) is 1.94. The molecule has 0 saturated heterocycles. The minimum atomic E-state index is 0.127. The van der Waals surface area contributed by atoms with Gasteiger partial charge in [0.15, 0.2) is 0 Å². The summed E-state index contributed by atoms with van der Waals surface area (Å²) in [5, 5.41) is 8.95. The Morgan fingerprint density at radius 1 is 1.50 bits per heavy atom. The van der Waals surface area contributed by atoms with Gasteiger partial charge < -0.3 is 9.52 Å². The lowest BCUT2D eigenvalue weighted by Crippen LogP contribution is -2.31. The van der Waals surface area contributed by atoms with Gasteiger partial charge >= 0.3 is 0 Å². The van der Waals surface area contributed by atoms with Gasteiger partial charge in [0.25, 0.3) is 0 Å². The summed E-state index contributed by atoms with van der Waals surface area (Å²) in [6.07, 6.45) is 0. The Labute approximate surface area is 84.6 Å². The summed E-state index contributed by atoms with van der Waals surface area (Å²) < 4.78 is 5.45. The number of oxazole rings is 1. The summed E-state index contributed by atoms with van der Waals surface area (Å²) in [6.45, 7) is 6.58. The first-order chi connectivity index (χ1) is 6.54. The van der Waals surface area contributed by atoms with Crippen LogP contribution in [0.2, 0.25) is 0 Å². The number of hydrogen-bond donors (Lipinski definition) is 1. The van der Waals surface area contributed by atoms with E-state index in [2.05, 4.69) is 4.98 Å². The summed E-state index contributed by atoms with van der Waals surface area (Å²) in [6, 6.07) is 0.127. The van der Waals surface area contributed by atoms with E-state index < -0.39 is 0 Å². The van der Waals surface area contributed by atoms with Crippen LogP contribution in [0, 0.1) is 13.8 Å². The first-order valence-corrected chi connectivity index (χ1v) is 4.78. The maximum atomic E-state index is 8.95. The van der Waals surface area contributed by atoms with Crippen molar-refractivity contribution < 1.29 is 9.52 Å². The molecule has 0 aliphatic carbocycles. The van der Waals surface area contributed by atoms with Gasteiger partial charge in [-0.25, -0.2) is 4.98 Å². The van der Waals surface area contributed by atoms with E-state index in [9.17, 15) is 0 Å². The molecule has 4 heteroatoms. The second kappa shape index (κ2) is 4.57. The molecule has 1 rings (SSSR count). The topological polar surface area (TPSA) is 49.5 Å². The quantitative estimate of drug-likeness (QED) is 0.787. The summed E-state index contributed by atoms with van der Waals surface area (Å²) in [5.41, 5.74) is 0.935. The fourth-order valence-electron chi connectivity index (χ4n) is 1.12. The van der Waals surface area contributed by atoms with Gasteiger partial charge in [-0.3, -0.25) is 4.90 Å². The standard InChI is InChI=1S/C10H18N2O2/c1-7(6-13)12(4)5-10-11-8(2)9(3)14-10/h7,13H,5-6H2,1-4H3. The molecule has 0 spiro atoms. The van der Waals surface area contributed by atoms with Crippen molar-refractivity contribution in [1.82, 2.24) is 9.88 Å². The number of hydrogen-bond acceptors (Lipinski definition) is 4. The Morgan fingerprint density at radius 3 is 2.57 bits per heavy atom. The Hall–Kier alpha value is -0.870. The van der Waals surface area contributed by atoms with Crippen LogP contribution in [0.4, 0.5) is 0 Å². The second-order valence-corrected chi connectivity index (χ2v) is 3.70. The number of rotatable bonds is 4. The molecule has 1 N–H and O–H groups in total. The van der Waals surface area contributed by atoms with E-state index in [4.69, 9.17) is 9.52 Å². The average molecular weight is 198 g/mol. The van der Waals surface area contributed by atoms with Gasteiger partial charge in [0.2, 0.25) is 5.89 Å². The van der Waals surface area contributed by atoms with Crippen molar-refractivity contribution in [3.8, 4) is 0 Å². The number of aryl methyl sites for hydroxylation is 2. The molecule has 0 bridgehead atoms. The highest BCUT2D eigenvalue weighted by molar-refractivity contribution is 5.05. The van der Waals surface area contributed by atoms with Gasteiger partial charge in [-0.05, 0) is 27.8 Å². The third kappa shape index (κ3) is 2.56. The fraction of sp³-hybridized carbons (Fsp3) is 0.700. The summed E-state index contributed by atoms with van der Waals surface area (Å²) in [4.78, 5) is 6.28. The highest BCUT2D eigenvalue weighted by Gasteiger charge is 2.12. The Balaban J connectivity index is 2.60. The van der Waals surface area contributed by atoms with Gasteiger partial charge in [-0.2, -0.15) is 0 Å². The van der Waals surface area contributed by atoms with Crippen LogP contribution in [0.1, 0.15) is 24.3 Å². The van der Waals surface area contributed by atoms with Crippen LogP contribution in [-0.2, 0) is 6.54 Å². The molecule has 14 heavy (non-hydrogen) atoms. The molecule has 0 saturated carbocycles. The smallest absolute Gasteiger partial charge is 0.208 e. The average Bonchev–Trinajstić information content (AvgIpc) is 2.44. The monoisotopic (exact) mass is 198 g/mol. The van der Waals surface area contributed by atoms with Crippen LogP contribution in [0.25, 0.3) is 0 Å². The molecule has 1 atom stereocenters.